The lowest BCUT2D eigenvalue weighted by molar-refractivity contribution is -0.384. The van der Waals surface area contributed by atoms with E-state index < -0.39 is 4.92 Å². The molecule has 2 aromatic carbocycles. The zero-order valence-electron chi connectivity index (χ0n) is 15.2. The number of rotatable bonds is 9. The largest absolute Gasteiger partial charge is 0.493 e. The van der Waals surface area contributed by atoms with Gasteiger partial charge in [0.05, 0.1) is 24.6 Å². The Labute approximate surface area is 162 Å². The summed E-state index contributed by atoms with van der Waals surface area (Å²) in [7, 11) is 0. The predicted molar refractivity (Wildman–Crippen MR) is 103 cm³/mol. The average Bonchev–Trinajstić information content (AvgIpc) is 2.71. The van der Waals surface area contributed by atoms with E-state index in [-0.39, 0.29) is 31.4 Å². The van der Waals surface area contributed by atoms with Gasteiger partial charge in [0.2, 0.25) is 5.96 Å². The second kappa shape index (κ2) is 10.5. The Balaban J connectivity index is 2.20. The summed E-state index contributed by atoms with van der Waals surface area (Å²) in [5.74, 6) is 0.384. The van der Waals surface area contributed by atoms with Crippen LogP contribution in [0, 0.1) is 21.6 Å². The van der Waals surface area contributed by atoms with Crippen LogP contribution in [-0.2, 0) is 13.1 Å². The predicted octanol–water partition coefficient (Wildman–Crippen LogP) is 2.15. The van der Waals surface area contributed by atoms with E-state index in [9.17, 15) is 15.4 Å². The van der Waals surface area contributed by atoms with Crippen LogP contribution in [0.4, 0.5) is 5.69 Å². The normalized spacial score (nSPS) is 10.9. The number of non-ortho nitro benzene ring substituents is 1. The number of nitro groups is 1. The van der Waals surface area contributed by atoms with Crippen LogP contribution < -0.4 is 10.5 Å². The molecule has 3 N–H and O–H groups in total. The Kier molecular flexibility index (Phi) is 7.75. The van der Waals surface area contributed by atoms with E-state index in [0.29, 0.717) is 24.3 Å². The molecule has 0 bridgehead atoms. The molecular formula is C19H21N5O4. The molecule has 0 aliphatic carbocycles. The molecule has 2 rings (SSSR count). The molecule has 0 heterocycles. The zero-order chi connectivity index (χ0) is 20.4. The lowest BCUT2D eigenvalue weighted by atomic mass is 10.1. The van der Waals surface area contributed by atoms with Crippen molar-refractivity contribution in [2.45, 2.75) is 19.5 Å². The molecule has 9 heteroatoms. The van der Waals surface area contributed by atoms with Gasteiger partial charge in [-0.3, -0.25) is 10.1 Å². The van der Waals surface area contributed by atoms with Gasteiger partial charge in [-0.25, -0.2) is 9.89 Å². The van der Waals surface area contributed by atoms with Crippen LogP contribution in [0.1, 0.15) is 17.5 Å². The lowest BCUT2D eigenvalue weighted by Crippen LogP contribution is -2.33. The van der Waals surface area contributed by atoms with Crippen LogP contribution in [0.15, 0.2) is 53.5 Å². The number of benzene rings is 2. The minimum absolute atomic E-state index is 0.000771. The second-order valence-corrected chi connectivity index (χ2v) is 5.82. The van der Waals surface area contributed by atoms with E-state index in [1.807, 2.05) is 36.5 Å². The maximum Gasteiger partial charge on any atom is 0.270 e. The van der Waals surface area contributed by atoms with Gasteiger partial charge in [-0.1, -0.05) is 30.3 Å². The maximum atomic E-state index is 11.1. The lowest BCUT2D eigenvalue weighted by Gasteiger charge is -2.17. The first-order chi connectivity index (χ1) is 13.5. The highest BCUT2D eigenvalue weighted by molar-refractivity contribution is 5.79. The van der Waals surface area contributed by atoms with Crippen molar-refractivity contribution in [1.29, 1.82) is 5.26 Å². The van der Waals surface area contributed by atoms with Gasteiger partial charge in [0.1, 0.15) is 5.75 Å². The number of hydrogen-bond acceptors (Lipinski definition) is 6. The molecule has 146 valence electrons. The topological polar surface area (TPSA) is 138 Å². The summed E-state index contributed by atoms with van der Waals surface area (Å²) in [6.45, 7) is 0.480. The molecule has 0 radical (unpaired) electrons. The Morgan fingerprint density at radius 2 is 2.07 bits per heavy atom. The SMILES string of the molecule is N#CN(Cc1cc([N+](=O)[O-])ccc1OCCCO)C(N)=NCc1ccccc1. The highest BCUT2D eigenvalue weighted by atomic mass is 16.6. The highest BCUT2D eigenvalue weighted by Crippen LogP contribution is 2.25. The van der Waals surface area contributed by atoms with Crippen molar-refractivity contribution in [1.82, 2.24) is 4.90 Å². The van der Waals surface area contributed by atoms with Gasteiger partial charge >= 0.3 is 0 Å². The van der Waals surface area contributed by atoms with Crippen LogP contribution in [0.2, 0.25) is 0 Å². The molecule has 0 saturated carbocycles. The molecular weight excluding hydrogens is 362 g/mol. The average molecular weight is 383 g/mol. The van der Waals surface area contributed by atoms with E-state index in [1.165, 1.54) is 18.2 Å². The van der Waals surface area contributed by atoms with Crippen LogP contribution in [-0.4, -0.2) is 34.1 Å². The number of nitrogens with two attached hydrogens (primary N) is 1. The monoisotopic (exact) mass is 383 g/mol. The van der Waals surface area contributed by atoms with Crippen molar-refractivity contribution in [3.63, 3.8) is 0 Å². The smallest absolute Gasteiger partial charge is 0.270 e. The van der Waals surface area contributed by atoms with Gasteiger partial charge in [0.25, 0.3) is 5.69 Å². The number of aliphatic hydroxyl groups is 1. The van der Waals surface area contributed by atoms with E-state index in [2.05, 4.69) is 4.99 Å². The number of hydrogen-bond donors (Lipinski definition) is 2. The van der Waals surface area contributed by atoms with Gasteiger partial charge in [-0.15, -0.1) is 0 Å². The molecule has 0 atom stereocenters. The first-order valence-electron chi connectivity index (χ1n) is 8.57. The van der Waals surface area contributed by atoms with Gasteiger partial charge in [0, 0.05) is 30.7 Å². The first kappa shape index (κ1) is 20.7. The summed E-state index contributed by atoms with van der Waals surface area (Å²) >= 11 is 0. The summed E-state index contributed by atoms with van der Waals surface area (Å²) in [5, 5.41) is 29.4. The minimum atomic E-state index is -0.523. The van der Waals surface area contributed by atoms with Gasteiger partial charge in [0.15, 0.2) is 6.19 Å². The van der Waals surface area contributed by atoms with Gasteiger partial charge < -0.3 is 15.6 Å². The Hall–Kier alpha value is -3.64. The molecule has 0 unspecified atom stereocenters. The maximum absolute atomic E-state index is 11.1. The fourth-order valence-corrected chi connectivity index (χ4v) is 2.37. The third kappa shape index (κ3) is 5.96. The van der Waals surface area contributed by atoms with E-state index in [0.717, 1.165) is 10.5 Å². The Morgan fingerprint density at radius 3 is 2.71 bits per heavy atom. The molecule has 0 spiro atoms. The number of nitriles is 1. The summed E-state index contributed by atoms with van der Waals surface area (Å²) in [6.07, 6.45) is 2.36. The van der Waals surface area contributed by atoms with E-state index in [4.69, 9.17) is 15.6 Å². The summed E-state index contributed by atoms with van der Waals surface area (Å²) in [6, 6.07) is 13.5. The van der Waals surface area contributed by atoms with Gasteiger partial charge in [-0.2, -0.15) is 5.26 Å². The van der Waals surface area contributed by atoms with Crippen molar-refractivity contribution in [3.8, 4) is 11.9 Å². The number of aliphatic hydroxyl groups excluding tert-OH is 1. The van der Waals surface area contributed by atoms with Crippen molar-refractivity contribution >= 4 is 11.6 Å². The third-order valence-corrected chi connectivity index (χ3v) is 3.81. The minimum Gasteiger partial charge on any atom is -0.493 e. The molecule has 2 aromatic rings. The van der Waals surface area contributed by atoms with Gasteiger partial charge in [-0.05, 0) is 11.6 Å². The fourth-order valence-electron chi connectivity index (χ4n) is 2.37. The van der Waals surface area contributed by atoms with Crippen molar-refractivity contribution in [2.75, 3.05) is 13.2 Å². The van der Waals surface area contributed by atoms with E-state index >= 15 is 0 Å². The summed E-state index contributed by atoms with van der Waals surface area (Å²) in [4.78, 5) is 15.9. The molecule has 28 heavy (non-hydrogen) atoms. The standard InChI is InChI=1S/C19H21N5O4/c20-14-23(19(21)22-12-15-5-2-1-3-6-15)13-16-11-17(24(26)27)7-8-18(16)28-10-4-9-25/h1-3,5-8,11,25H,4,9-10,12-13H2,(H2,21,22). The Morgan fingerprint density at radius 1 is 1.32 bits per heavy atom. The van der Waals surface area contributed by atoms with Crippen LogP contribution in [0.25, 0.3) is 0 Å². The zero-order valence-corrected chi connectivity index (χ0v) is 15.2. The molecule has 0 saturated heterocycles. The number of aliphatic imine (C=N–C) groups is 1. The first-order valence-corrected chi connectivity index (χ1v) is 8.57. The van der Waals surface area contributed by atoms with Crippen LogP contribution in [0.5, 0.6) is 5.75 Å². The highest BCUT2D eigenvalue weighted by Gasteiger charge is 2.16. The van der Waals surface area contributed by atoms with Crippen molar-refractivity contribution in [2.24, 2.45) is 10.7 Å². The molecule has 0 aromatic heterocycles. The molecule has 0 aliphatic rings. The number of guanidine groups is 1. The molecule has 0 amide bonds. The van der Waals surface area contributed by atoms with E-state index in [1.54, 1.807) is 0 Å². The summed E-state index contributed by atoms with van der Waals surface area (Å²) in [5.41, 5.74) is 7.18. The van der Waals surface area contributed by atoms with Crippen molar-refractivity contribution in [3.05, 3.63) is 69.8 Å². The third-order valence-electron chi connectivity index (χ3n) is 3.81. The summed E-state index contributed by atoms with van der Waals surface area (Å²) < 4.78 is 5.57. The quantitative estimate of drug-likeness (QED) is 0.129. The molecule has 9 nitrogen and oxygen atoms in total. The number of nitro benzene ring substituents is 1. The fraction of sp³-hybridized carbons (Fsp3) is 0.263. The molecule has 0 fully saturated rings. The second-order valence-electron chi connectivity index (χ2n) is 5.82. The van der Waals surface area contributed by atoms with Crippen LogP contribution >= 0.6 is 0 Å². The Bertz CT molecular complexity index is 864. The van der Waals surface area contributed by atoms with Crippen molar-refractivity contribution < 1.29 is 14.8 Å². The number of nitrogens with zero attached hydrogens (tertiary/aromatic N) is 4. The molecule has 0 aliphatic heterocycles. The van der Waals surface area contributed by atoms with Crippen LogP contribution in [0.3, 0.4) is 0 Å². The number of ether oxygens (including phenoxy) is 1.